The van der Waals surface area contributed by atoms with Crippen molar-refractivity contribution in [3.8, 4) is 0 Å². The third-order valence-corrected chi connectivity index (χ3v) is 4.69. The van der Waals surface area contributed by atoms with Gasteiger partial charge in [-0.05, 0) is 25.1 Å². The Labute approximate surface area is 160 Å². The predicted octanol–water partition coefficient (Wildman–Crippen LogP) is 0.504. The molecule has 1 atom stereocenters. The highest BCUT2D eigenvalue weighted by Crippen LogP contribution is 2.12. The lowest BCUT2D eigenvalue weighted by Crippen LogP contribution is -2.38. The van der Waals surface area contributed by atoms with Crippen LogP contribution in [0.15, 0.2) is 13.6 Å². The SMILES string of the molecule is Cc1oc(=O)oc1COC(=O)SC[C@H](N)C(=O)OCCCN1CCOCC1. The van der Waals surface area contributed by atoms with E-state index in [4.69, 9.17) is 24.4 Å². The van der Waals surface area contributed by atoms with Crippen molar-refractivity contribution in [2.75, 3.05) is 45.2 Å². The number of hydrogen-bond donors (Lipinski definition) is 1. The molecule has 1 aromatic rings. The zero-order valence-electron chi connectivity index (χ0n) is 15.1. The smallest absolute Gasteiger partial charge is 0.464 e. The van der Waals surface area contributed by atoms with Gasteiger partial charge in [0, 0.05) is 25.4 Å². The van der Waals surface area contributed by atoms with Crippen molar-refractivity contribution >= 4 is 23.0 Å². The largest absolute Gasteiger partial charge is 0.519 e. The van der Waals surface area contributed by atoms with Crippen LogP contribution in [0.25, 0.3) is 0 Å². The van der Waals surface area contributed by atoms with Gasteiger partial charge in [-0.1, -0.05) is 0 Å². The summed E-state index contributed by atoms with van der Waals surface area (Å²) in [7, 11) is 0. The minimum absolute atomic E-state index is 0.0233. The molecule has 0 radical (unpaired) electrons. The molecule has 0 bridgehead atoms. The van der Waals surface area contributed by atoms with Gasteiger partial charge >= 0.3 is 17.1 Å². The molecule has 1 aliphatic heterocycles. The van der Waals surface area contributed by atoms with E-state index >= 15 is 0 Å². The highest BCUT2D eigenvalue weighted by atomic mass is 32.2. The maximum atomic E-state index is 11.8. The van der Waals surface area contributed by atoms with Crippen molar-refractivity contribution < 1.29 is 32.6 Å². The highest BCUT2D eigenvalue weighted by molar-refractivity contribution is 8.13. The Balaban J connectivity index is 1.56. The van der Waals surface area contributed by atoms with Crippen LogP contribution >= 0.6 is 11.8 Å². The van der Waals surface area contributed by atoms with E-state index in [0.717, 1.165) is 44.6 Å². The van der Waals surface area contributed by atoms with Gasteiger partial charge in [-0.15, -0.1) is 0 Å². The number of nitrogens with two attached hydrogens (primary N) is 1. The Hall–Kier alpha value is -1.82. The second-order valence-electron chi connectivity index (χ2n) is 5.86. The van der Waals surface area contributed by atoms with Crippen LogP contribution in [0, 0.1) is 6.92 Å². The Kier molecular flexibility index (Phi) is 8.85. The molecule has 1 saturated heterocycles. The standard InChI is InChI=1S/C16H24N2O8S/c1-11-13(26-15(20)25-11)9-24-16(21)27-10-12(17)14(19)23-6-2-3-18-4-7-22-8-5-18/h12H,2-10,17H2,1H3/t12-/m0/s1. The number of thioether (sulfide) groups is 1. The molecular weight excluding hydrogens is 380 g/mol. The van der Waals surface area contributed by atoms with E-state index in [1.165, 1.54) is 6.92 Å². The molecule has 0 aliphatic carbocycles. The highest BCUT2D eigenvalue weighted by Gasteiger charge is 2.19. The summed E-state index contributed by atoms with van der Waals surface area (Å²) in [6.07, 6.45) is 0.711. The molecule has 2 rings (SSSR count). The van der Waals surface area contributed by atoms with E-state index < -0.39 is 23.1 Å². The van der Waals surface area contributed by atoms with Crippen LogP contribution < -0.4 is 11.6 Å². The Bertz CT molecular complexity index is 668. The summed E-state index contributed by atoms with van der Waals surface area (Å²) < 4.78 is 24.7. The van der Waals surface area contributed by atoms with Crippen molar-refractivity contribution in [3.63, 3.8) is 0 Å². The molecular formula is C16H24N2O8S. The molecule has 27 heavy (non-hydrogen) atoms. The molecule has 0 unspecified atom stereocenters. The second-order valence-corrected chi connectivity index (χ2v) is 6.82. The van der Waals surface area contributed by atoms with Gasteiger partial charge in [0.15, 0.2) is 18.1 Å². The maximum Gasteiger partial charge on any atom is 0.519 e. The zero-order chi connectivity index (χ0) is 19.6. The van der Waals surface area contributed by atoms with E-state index in [9.17, 15) is 14.4 Å². The lowest BCUT2D eigenvalue weighted by molar-refractivity contribution is -0.144. The molecule has 0 aromatic carbocycles. The lowest BCUT2D eigenvalue weighted by Gasteiger charge is -2.26. The van der Waals surface area contributed by atoms with Gasteiger partial charge in [0.25, 0.3) is 0 Å². The molecule has 0 saturated carbocycles. The van der Waals surface area contributed by atoms with Gasteiger partial charge in [-0.25, -0.2) is 9.59 Å². The van der Waals surface area contributed by atoms with Crippen LogP contribution in [-0.4, -0.2) is 67.4 Å². The summed E-state index contributed by atoms with van der Waals surface area (Å²) in [4.78, 5) is 36.6. The molecule has 1 aliphatic rings. The molecule has 2 N–H and O–H groups in total. The van der Waals surface area contributed by atoms with Crippen LogP contribution in [-0.2, 0) is 25.6 Å². The summed E-state index contributed by atoms with van der Waals surface area (Å²) in [6, 6.07) is -0.931. The number of nitrogens with zero attached hydrogens (tertiary/aromatic N) is 1. The number of ether oxygens (including phenoxy) is 3. The molecule has 2 heterocycles. The van der Waals surface area contributed by atoms with Crippen LogP contribution in [0.3, 0.4) is 0 Å². The lowest BCUT2D eigenvalue weighted by atomic mass is 10.3. The molecule has 0 spiro atoms. The third-order valence-electron chi connectivity index (χ3n) is 3.81. The minimum Gasteiger partial charge on any atom is -0.464 e. The van der Waals surface area contributed by atoms with Crippen molar-refractivity contribution in [3.05, 3.63) is 22.1 Å². The average molecular weight is 404 g/mol. The summed E-state index contributed by atoms with van der Waals surface area (Å²) in [5.41, 5.74) is 5.72. The summed E-state index contributed by atoms with van der Waals surface area (Å²) in [5, 5.41) is -0.645. The number of esters is 1. The van der Waals surface area contributed by atoms with Crippen LogP contribution in [0.2, 0.25) is 0 Å². The third kappa shape index (κ3) is 7.75. The molecule has 10 nitrogen and oxygen atoms in total. The first-order valence-corrected chi connectivity index (χ1v) is 9.55. The molecule has 1 aromatic heterocycles. The topological polar surface area (TPSA) is 134 Å². The number of rotatable bonds is 9. The van der Waals surface area contributed by atoms with Crippen LogP contribution in [0.1, 0.15) is 17.9 Å². The Morgan fingerprint density at radius 2 is 2.00 bits per heavy atom. The number of carbonyl (C=O) groups is 2. The maximum absolute atomic E-state index is 11.8. The molecule has 152 valence electrons. The normalized spacial score (nSPS) is 16.1. The molecule has 11 heteroatoms. The molecule has 1 fully saturated rings. The van der Waals surface area contributed by atoms with Gasteiger partial charge in [0.05, 0.1) is 19.8 Å². The second kappa shape index (κ2) is 11.1. The van der Waals surface area contributed by atoms with Gasteiger partial charge < -0.3 is 28.8 Å². The van der Waals surface area contributed by atoms with E-state index in [0.29, 0.717) is 6.42 Å². The Morgan fingerprint density at radius 3 is 2.67 bits per heavy atom. The minimum atomic E-state index is -0.931. The summed E-state index contributed by atoms with van der Waals surface area (Å²) in [6.45, 7) is 5.61. The fourth-order valence-corrected chi connectivity index (χ4v) is 2.89. The van der Waals surface area contributed by atoms with Gasteiger partial charge in [0.2, 0.25) is 0 Å². The van der Waals surface area contributed by atoms with Gasteiger partial charge in [-0.3, -0.25) is 9.69 Å². The summed E-state index contributed by atoms with van der Waals surface area (Å²) in [5.74, 6) is -1.01. The van der Waals surface area contributed by atoms with E-state index in [2.05, 4.69) is 9.32 Å². The van der Waals surface area contributed by atoms with Crippen molar-refractivity contribution in [2.45, 2.75) is 26.0 Å². The van der Waals surface area contributed by atoms with E-state index in [1.807, 2.05) is 0 Å². The van der Waals surface area contributed by atoms with E-state index in [-0.39, 0.29) is 30.5 Å². The fourth-order valence-electron chi connectivity index (χ4n) is 2.29. The van der Waals surface area contributed by atoms with Gasteiger partial charge in [0.1, 0.15) is 6.04 Å². The number of aryl methyl sites for hydroxylation is 1. The zero-order valence-corrected chi connectivity index (χ0v) is 16.0. The first-order valence-electron chi connectivity index (χ1n) is 8.57. The molecule has 0 amide bonds. The monoisotopic (exact) mass is 404 g/mol. The van der Waals surface area contributed by atoms with E-state index in [1.54, 1.807) is 0 Å². The Morgan fingerprint density at radius 1 is 1.26 bits per heavy atom. The summed E-state index contributed by atoms with van der Waals surface area (Å²) >= 11 is 0.747. The number of morpholine rings is 1. The van der Waals surface area contributed by atoms with Gasteiger partial charge in [-0.2, -0.15) is 0 Å². The average Bonchev–Trinajstić information content (AvgIpc) is 2.99. The first kappa shape index (κ1) is 21.5. The predicted molar refractivity (Wildman–Crippen MR) is 95.4 cm³/mol. The fraction of sp³-hybridized carbons (Fsp3) is 0.688. The van der Waals surface area contributed by atoms with Crippen molar-refractivity contribution in [1.29, 1.82) is 0 Å². The van der Waals surface area contributed by atoms with Crippen LogP contribution in [0.5, 0.6) is 0 Å². The first-order chi connectivity index (χ1) is 13.0. The number of carbonyl (C=O) groups excluding carboxylic acids is 2. The van der Waals surface area contributed by atoms with Crippen molar-refractivity contribution in [1.82, 2.24) is 4.90 Å². The number of hydrogen-bond acceptors (Lipinski definition) is 11. The van der Waals surface area contributed by atoms with Crippen molar-refractivity contribution in [2.24, 2.45) is 5.73 Å². The quantitative estimate of drug-likeness (QED) is 0.455. The van der Waals surface area contributed by atoms with Crippen LogP contribution in [0.4, 0.5) is 4.79 Å².